The van der Waals surface area contributed by atoms with Gasteiger partial charge in [0, 0.05) is 5.75 Å². The zero-order valence-electron chi connectivity index (χ0n) is 6.20. The van der Waals surface area contributed by atoms with Gasteiger partial charge in [0.25, 0.3) is 0 Å². The van der Waals surface area contributed by atoms with Gasteiger partial charge in [0.15, 0.2) is 0 Å². The van der Waals surface area contributed by atoms with Crippen molar-refractivity contribution in [3.8, 4) is 0 Å². The molecule has 1 heterocycles. The molecule has 0 aliphatic rings. The third-order valence-electron chi connectivity index (χ3n) is 1.30. The average molecular weight is 239 g/mol. The van der Waals surface area contributed by atoms with E-state index < -0.39 is 4.92 Å². The molecule has 0 saturated heterocycles. The molecule has 0 aliphatic carbocycles. The maximum absolute atomic E-state index is 10.4. The summed E-state index contributed by atoms with van der Waals surface area (Å²) in [6.07, 6.45) is 0. The number of nitrogens with zero attached hydrogens (tertiary/aromatic N) is 2. The number of thiol groups is 1. The van der Waals surface area contributed by atoms with Crippen LogP contribution in [0.15, 0.2) is 6.07 Å². The van der Waals surface area contributed by atoms with Gasteiger partial charge in [-0.25, -0.2) is 4.98 Å². The van der Waals surface area contributed by atoms with Crippen molar-refractivity contribution in [3.63, 3.8) is 0 Å². The molecule has 0 atom stereocenters. The molecule has 0 aliphatic heterocycles. The van der Waals surface area contributed by atoms with Crippen LogP contribution in [0.1, 0.15) is 5.69 Å². The van der Waals surface area contributed by atoms with Crippen LogP contribution in [0.4, 0.5) is 5.69 Å². The Balaban J connectivity index is 3.31. The average Bonchev–Trinajstić information content (AvgIpc) is 2.02. The monoisotopic (exact) mass is 238 g/mol. The Bertz CT molecular complexity index is 335. The van der Waals surface area contributed by atoms with Crippen LogP contribution in [-0.2, 0) is 5.75 Å². The Hall–Kier alpha value is -0.520. The van der Waals surface area contributed by atoms with Crippen molar-refractivity contribution in [1.82, 2.24) is 4.98 Å². The van der Waals surface area contributed by atoms with Gasteiger partial charge in [-0.15, -0.1) is 0 Å². The van der Waals surface area contributed by atoms with Gasteiger partial charge >= 0.3 is 5.69 Å². The lowest BCUT2D eigenvalue weighted by Gasteiger charge is -1.99. The normalized spacial score (nSPS) is 10.1. The minimum Gasteiger partial charge on any atom is -0.258 e. The second-order valence-electron chi connectivity index (χ2n) is 2.15. The number of hydrogen-bond acceptors (Lipinski definition) is 4. The summed E-state index contributed by atoms with van der Waals surface area (Å²) < 4.78 is 0. The summed E-state index contributed by atoms with van der Waals surface area (Å²) >= 11 is 15.1. The van der Waals surface area contributed by atoms with Crippen molar-refractivity contribution < 1.29 is 4.92 Å². The van der Waals surface area contributed by atoms with Crippen LogP contribution >= 0.6 is 35.8 Å². The molecule has 0 aromatic carbocycles. The van der Waals surface area contributed by atoms with E-state index in [2.05, 4.69) is 17.6 Å². The summed E-state index contributed by atoms with van der Waals surface area (Å²) in [5.41, 5.74) is 0.137. The van der Waals surface area contributed by atoms with E-state index in [1.165, 1.54) is 6.07 Å². The second kappa shape index (κ2) is 4.13. The Morgan fingerprint density at radius 1 is 1.62 bits per heavy atom. The molecule has 0 unspecified atom stereocenters. The summed E-state index contributed by atoms with van der Waals surface area (Å²) in [6, 6.07) is 1.37. The SMILES string of the molecule is O=[N+]([O-])c1c(Cl)cc(CS)nc1Cl. The van der Waals surface area contributed by atoms with Crippen molar-refractivity contribution in [2.24, 2.45) is 0 Å². The van der Waals surface area contributed by atoms with Crippen molar-refractivity contribution >= 4 is 41.5 Å². The van der Waals surface area contributed by atoms with Gasteiger partial charge < -0.3 is 0 Å². The van der Waals surface area contributed by atoms with Crippen LogP contribution in [0.5, 0.6) is 0 Å². The Kier molecular flexibility index (Phi) is 3.35. The molecule has 1 aromatic heterocycles. The van der Waals surface area contributed by atoms with Crippen LogP contribution in [0, 0.1) is 10.1 Å². The standard InChI is InChI=1S/C6H4Cl2N2O2S/c7-4-1-3(2-13)9-6(8)5(4)10(11)12/h1,13H,2H2. The first kappa shape index (κ1) is 10.6. The van der Waals surface area contributed by atoms with Crippen LogP contribution in [0.25, 0.3) is 0 Å². The van der Waals surface area contributed by atoms with Crippen LogP contribution in [0.3, 0.4) is 0 Å². The highest BCUT2D eigenvalue weighted by Crippen LogP contribution is 2.31. The first-order valence-corrected chi connectivity index (χ1v) is 4.55. The molecular formula is C6H4Cl2N2O2S. The molecule has 0 spiro atoms. The predicted molar refractivity (Wildman–Crippen MR) is 53.6 cm³/mol. The summed E-state index contributed by atoms with van der Waals surface area (Å²) in [6.45, 7) is 0. The van der Waals surface area contributed by atoms with E-state index in [1.54, 1.807) is 0 Å². The van der Waals surface area contributed by atoms with Gasteiger partial charge in [-0.1, -0.05) is 23.2 Å². The zero-order chi connectivity index (χ0) is 10.0. The molecule has 7 heteroatoms. The van der Waals surface area contributed by atoms with Crippen LogP contribution < -0.4 is 0 Å². The number of nitro groups is 1. The van der Waals surface area contributed by atoms with E-state index >= 15 is 0 Å². The lowest BCUT2D eigenvalue weighted by molar-refractivity contribution is -0.384. The van der Waals surface area contributed by atoms with E-state index in [9.17, 15) is 10.1 Å². The molecule has 1 aromatic rings. The summed E-state index contributed by atoms with van der Waals surface area (Å²) in [5.74, 6) is 0.331. The Labute approximate surface area is 89.4 Å². The molecular weight excluding hydrogens is 235 g/mol. The minimum absolute atomic E-state index is 0.0194. The summed E-state index contributed by atoms with van der Waals surface area (Å²) in [7, 11) is 0. The van der Waals surface area contributed by atoms with Gasteiger partial charge in [0.1, 0.15) is 5.02 Å². The molecule has 0 radical (unpaired) electrons. The fourth-order valence-corrected chi connectivity index (χ4v) is 1.54. The highest BCUT2D eigenvalue weighted by Gasteiger charge is 2.19. The fraction of sp³-hybridized carbons (Fsp3) is 0.167. The van der Waals surface area contributed by atoms with Gasteiger partial charge in [0.2, 0.25) is 5.15 Å². The molecule has 4 nitrogen and oxygen atoms in total. The van der Waals surface area contributed by atoms with E-state index in [4.69, 9.17) is 23.2 Å². The maximum Gasteiger partial charge on any atom is 0.324 e. The summed E-state index contributed by atoms with van der Waals surface area (Å²) in [5, 5.41) is 10.2. The maximum atomic E-state index is 10.4. The number of rotatable bonds is 2. The number of aromatic nitrogens is 1. The van der Waals surface area contributed by atoms with E-state index in [0.717, 1.165) is 0 Å². The molecule has 0 fully saturated rings. The van der Waals surface area contributed by atoms with Crippen molar-refractivity contribution in [3.05, 3.63) is 32.1 Å². The van der Waals surface area contributed by atoms with Gasteiger partial charge in [-0.3, -0.25) is 10.1 Å². The van der Waals surface area contributed by atoms with Gasteiger partial charge in [-0.2, -0.15) is 12.6 Å². The second-order valence-corrected chi connectivity index (χ2v) is 3.23. The zero-order valence-corrected chi connectivity index (χ0v) is 8.60. The molecule has 1 rings (SSSR count). The third kappa shape index (κ3) is 2.24. The largest absolute Gasteiger partial charge is 0.324 e. The smallest absolute Gasteiger partial charge is 0.258 e. The Morgan fingerprint density at radius 2 is 2.23 bits per heavy atom. The Morgan fingerprint density at radius 3 is 2.62 bits per heavy atom. The minimum atomic E-state index is -0.667. The molecule has 0 amide bonds. The van der Waals surface area contributed by atoms with Crippen LogP contribution in [0.2, 0.25) is 10.2 Å². The topological polar surface area (TPSA) is 56.0 Å². The highest BCUT2D eigenvalue weighted by atomic mass is 35.5. The van der Waals surface area contributed by atoms with E-state index in [-0.39, 0.29) is 15.9 Å². The third-order valence-corrected chi connectivity index (χ3v) is 2.18. The molecule has 0 saturated carbocycles. The van der Waals surface area contributed by atoms with Crippen LogP contribution in [-0.4, -0.2) is 9.91 Å². The van der Waals surface area contributed by atoms with Gasteiger partial charge in [-0.05, 0) is 6.07 Å². The molecule has 70 valence electrons. The highest BCUT2D eigenvalue weighted by molar-refractivity contribution is 7.79. The first-order chi connectivity index (χ1) is 6.06. The first-order valence-electron chi connectivity index (χ1n) is 3.16. The number of pyridine rings is 1. The lowest BCUT2D eigenvalue weighted by atomic mass is 10.3. The number of hydrogen-bond donors (Lipinski definition) is 1. The lowest BCUT2D eigenvalue weighted by Crippen LogP contribution is -1.95. The van der Waals surface area contributed by atoms with Crippen molar-refractivity contribution in [2.75, 3.05) is 0 Å². The fourth-order valence-electron chi connectivity index (χ4n) is 0.768. The van der Waals surface area contributed by atoms with Crippen molar-refractivity contribution in [1.29, 1.82) is 0 Å². The van der Waals surface area contributed by atoms with E-state index in [1.807, 2.05) is 0 Å². The van der Waals surface area contributed by atoms with Gasteiger partial charge in [0.05, 0.1) is 10.6 Å². The predicted octanol–water partition coefficient (Wildman–Crippen LogP) is 2.73. The van der Waals surface area contributed by atoms with E-state index in [0.29, 0.717) is 11.4 Å². The summed E-state index contributed by atoms with van der Waals surface area (Å²) in [4.78, 5) is 13.5. The van der Waals surface area contributed by atoms with Crippen molar-refractivity contribution in [2.45, 2.75) is 5.75 Å². The molecule has 13 heavy (non-hydrogen) atoms. The number of halogens is 2. The quantitative estimate of drug-likeness (QED) is 0.373. The molecule has 0 bridgehead atoms. The molecule has 0 N–H and O–H groups in total.